The van der Waals surface area contributed by atoms with Crippen molar-refractivity contribution in [2.75, 3.05) is 19.5 Å². The van der Waals surface area contributed by atoms with Crippen molar-refractivity contribution in [3.8, 4) is 11.5 Å². The van der Waals surface area contributed by atoms with E-state index in [-0.39, 0.29) is 11.9 Å². The van der Waals surface area contributed by atoms with Crippen LogP contribution < -0.4 is 19.5 Å². The fourth-order valence-corrected chi connectivity index (χ4v) is 3.56. The van der Waals surface area contributed by atoms with Crippen LogP contribution in [-0.2, 0) is 14.8 Å². The van der Waals surface area contributed by atoms with E-state index in [1.807, 2.05) is 59.7 Å². The van der Waals surface area contributed by atoms with Crippen molar-refractivity contribution < 1.29 is 22.7 Å². The molecule has 0 radical (unpaired) electrons. The third kappa shape index (κ3) is 8.62. The lowest BCUT2D eigenvalue weighted by molar-refractivity contribution is -0.125. The van der Waals surface area contributed by atoms with Gasteiger partial charge < -0.3 is 14.8 Å². The zero-order valence-electron chi connectivity index (χ0n) is 18.7. The van der Waals surface area contributed by atoms with Gasteiger partial charge in [-0.1, -0.05) is 40.7 Å². The second-order valence-electron chi connectivity index (χ2n) is 8.32. The van der Waals surface area contributed by atoms with E-state index in [4.69, 9.17) is 9.47 Å². The minimum absolute atomic E-state index is 0.335. The molecule has 1 aromatic carbocycles. The van der Waals surface area contributed by atoms with E-state index in [0.29, 0.717) is 24.7 Å². The van der Waals surface area contributed by atoms with Crippen molar-refractivity contribution >= 4 is 15.9 Å². The van der Waals surface area contributed by atoms with Crippen molar-refractivity contribution in [1.29, 1.82) is 0 Å². The smallest absolute Gasteiger partial charge is 0.239 e. The van der Waals surface area contributed by atoms with E-state index in [1.165, 1.54) is 0 Å². The molecule has 1 rings (SSSR count). The van der Waals surface area contributed by atoms with Crippen LogP contribution in [0.5, 0.6) is 11.5 Å². The molecule has 0 spiro atoms. The second-order valence-corrected chi connectivity index (χ2v) is 10.1. The summed E-state index contributed by atoms with van der Waals surface area (Å²) in [7, 11) is -3.53. The van der Waals surface area contributed by atoms with Gasteiger partial charge in [-0.05, 0) is 42.9 Å². The quantitative estimate of drug-likeness (QED) is 0.563. The summed E-state index contributed by atoms with van der Waals surface area (Å²) in [4.78, 5) is 12.8. The minimum atomic E-state index is -3.53. The number of sulfonamides is 1. The molecule has 0 aliphatic heterocycles. The first-order valence-corrected chi connectivity index (χ1v) is 11.9. The highest BCUT2D eigenvalue weighted by molar-refractivity contribution is 7.88. The number of amides is 1. The molecule has 2 N–H and O–H groups in total. The van der Waals surface area contributed by atoms with Crippen LogP contribution in [0, 0.1) is 5.41 Å². The molecule has 0 saturated carbocycles. The molecule has 0 saturated heterocycles. The summed E-state index contributed by atoms with van der Waals surface area (Å²) in [5.41, 5.74) is 0.264. The number of carbonyl (C=O) groups excluding carboxylic acids is 1. The molecule has 2 atom stereocenters. The van der Waals surface area contributed by atoms with Gasteiger partial charge in [0, 0.05) is 0 Å². The van der Waals surface area contributed by atoms with Crippen molar-refractivity contribution in [2.24, 2.45) is 5.41 Å². The molecule has 166 valence electrons. The molecule has 0 aromatic heterocycles. The van der Waals surface area contributed by atoms with E-state index >= 15 is 0 Å². The van der Waals surface area contributed by atoms with Gasteiger partial charge in [0.1, 0.15) is 6.04 Å². The minimum Gasteiger partial charge on any atom is -0.490 e. The van der Waals surface area contributed by atoms with Crippen LogP contribution in [0.1, 0.15) is 66.0 Å². The molecule has 0 heterocycles. The fraction of sp³-hybridized carbons (Fsp3) is 0.667. The SMILES string of the molecule is CCCOc1ccc([C@H](C)NC(=O)[C@@H](NS(C)(=O)=O)C(C)(C)C)cc1OCCC. The molecule has 0 bridgehead atoms. The predicted octanol–water partition coefficient (Wildman–Crippen LogP) is 3.41. The van der Waals surface area contributed by atoms with Crippen LogP contribution in [0.2, 0.25) is 0 Å². The standard InChI is InChI=1S/C21H36N2O5S/c1-8-12-27-17-11-10-16(14-18(17)28-13-9-2)15(3)22-20(24)19(21(4,5)6)23-29(7,25)26/h10-11,14-15,19,23H,8-9,12-13H2,1-7H3,(H,22,24)/t15-,19+/m0/s1. The average Bonchev–Trinajstić information content (AvgIpc) is 2.61. The summed E-state index contributed by atoms with van der Waals surface area (Å²) in [6.07, 6.45) is 2.81. The van der Waals surface area contributed by atoms with Crippen LogP contribution >= 0.6 is 0 Å². The number of carbonyl (C=O) groups is 1. The maximum atomic E-state index is 12.8. The Morgan fingerprint density at radius 1 is 1.07 bits per heavy atom. The van der Waals surface area contributed by atoms with Gasteiger partial charge in [0.25, 0.3) is 0 Å². The topological polar surface area (TPSA) is 93.7 Å². The van der Waals surface area contributed by atoms with E-state index in [0.717, 1.165) is 24.7 Å². The molecule has 0 fully saturated rings. The monoisotopic (exact) mass is 428 g/mol. The first kappa shape index (κ1) is 25.2. The molecule has 29 heavy (non-hydrogen) atoms. The van der Waals surface area contributed by atoms with Crippen molar-refractivity contribution in [3.05, 3.63) is 23.8 Å². The number of hydrogen-bond donors (Lipinski definition) is 2. The Labute approximate surface area is 175 Å². The lowest BCUT2D eigenvalue weighted by atomic mass is 9.86. The molecule has 8 heteroatoms. The average molecular weight is 429 g/mol. The predicted molar refractivity (Wildman–Crippen MR) is 116 cm³/mol. The summed E-state index contributed by atoms with van der Waals surface area (Å²) < 4.78 is 37.4. The van der Waals surface area contributed by atoms with E-state index in [1.54, 1.807) is 0 Å². The van der Waals surface area contributed by atoms with Gasteiger partial charge in [0.15, 0.2) is 11.5 Å². The first-order chi connectivity index (χ1) is 13.4. The Morgan fingerprint density at radius 2 is 1.62 bits per heavy atom. The Balaban J connectivity index is 3.03. The number of benzene rings is 1. The molecular formula is C21H36N2O5S. The molecular weight excluding hydrogens is 392 g/mol. The van der Waals surface area contributed by atoms with E-state index < -0.39 is 21.5 Å². The molecule has 0 unspecified atom stereocenters. The molecule has 1 amide bonds. The van der Waals surface area contributed by atoms with Crippen LogP contribution in [0.4, 0.5) is 0 Å². The molecule has 0 aliphatic rings. The number of rotatable bonds is 11. The molecule has 7 nitrogen and oxygen atoms in total. The Morgan fingerprint density at radius 3 is 2.10 bits per heavy atom. The van der Waals surface area contributed by atoms with Crippen LogP contribution in [-0.4, -0.2) is 39.8 Å². The highest BCUT2D eigenvalue weighted by Crippen LogP contribution is 2.31. The van der Waals surface area contributed by atoms with Crippen LogP contribution in [0.15, 0.2) is 18.2 Å². The summed E-state index contributed by atoms with van der Waals surface area (Å²) in [5, 5.41) is 2.91. The van der Waals surface area contributed by atoms with Gasteiger partial charge in [-0.3, -0.25) is 4.79 Å². The van der Waals surface area contributed by atoms with Gasteiger partial charge in [0.2, 0.25) is 15.9 Å². The molecule has 0 aliphatic carbocycles. The van der Waals surface area contributed by atoms with Gasteiger partial charge in [0.05, 0.1) is 25.5 Å². The van der Waals surface area contributed by atoms with E-state index in [9.17, 15) is 13.2 Å². The van der Waals surface area contributed by atoms with E-state index in [2.05, 4.69) is 10.0 Å². The maximum Gasteiger partial charge on any atom is 0.239 e. The first-order valence-electron chi connectivity index (χ1n) is 10.1. The highest BCUT2D eigenvalue weighted by atomic mass is 32.2. The second kappa shape index (κ2) is 10.8. The summed E-state index contributed by atoms with van der Waals surface area (Å²) in [5.74, 6) is 0.937. The summed E-state index contributed by atoms with van der Waals surface area (Å²) in [6.45, 7) is 12.5. The zero-order chi connectivity index (χ0) is 22.2. The fourth-order valence-electron chi connectivity index (χ4n) is 2.67. The van der Waals surface area contributed by atoms with Crippen LogP contribution in [0.3, 0.4) is 0 Å². The Hall–Kier alpha value is -1.80. The highest BCUT2D eigenvalue weighted by Gasteiger charge is 2.34. The van der Waals surface area contributed by atoms with Gasteiger partial charge in [-0.25, -0.2) is 13.1 Å². The Bertz CT molecular complexity index is 772. The van der Waals surface area contributed by atoms with Crippen molar-refractivity contribution in [3.63, 3.8) is 0 Å². The lowest BCUT2D eigenvalue weighted by Crippen LogP contribution is -2.53. The Kier molecular flexibility index (Phi) is 9.42. The third-order valence-corrected chi connectivity index (χ3v) is 4.87. The third-order valence-electron chi connectivity index (χ3n) is 4.21. The van der Waals surface area contributed by atoms with Crippen LogP contribution in [0.25, 0.3) is 0 Å². The molecule has 1 aromatic rings. The normalized spacial score (nSPS) is 14.2. The number of nitrogens with one attached hydrogen (secondary N) is 2. The van der Waals surface area contributed by atoms with Gasteiger partial charge in [-0.15, -0.1) is 0 Å². The largest absolute Gasteiger partial charge is 0.490 e. The summed E-state index contributed by atoms with van der Waals surface area (Å²) >= 11 is 0. The van der Waals surface area contributed by atoms with Gasteiger partial charge >= 0.3 is 0 Å². The van der Waals surface area contributed by atoms with Gasteiger partial charge in [-0.2, -0.15) is 0 Å². The lowest BCUT2D eigenvalue weighted by Gasteiger charge is -2.31. The summed E-state index contributed by atoms with van der Waals surface area (Å²) in [6, 6.07) is 4.36. The number of hydrogen-bond acceptors (Lipinski definition) is 5. The maximum absolute atomic E-state index is 12.8. The van der Waals surface area contributed by atoms with Crippen molar-refractivity contribution in [1.82, 2.24) is 10.0 Å². The number of ether oxygens (including phenoxy) is 2. The zero-order valence-corrected chi connectivity index (χ0v) is 19.5. The van der Waals surface area contributed by atoms with Crippen molar-refractivity contribution in [2.45, 2.75) is 66.5 Å².